The third-order valence-corrected chi connectivity index (χ3v) is 7.71. The Morgan fingerprint density at radius 1 is 1.13 bits per heavy atom. The van der Waals surface area contributed by atoms with Crippen LogP contribution in [0, 0.1) is 23.2 Å². The summed E-state index contributed by atoms with van der Waals surface area (Å²) >= 11 is 0. The highest BCUT2D eigenvalue weighted by Crippen LogP contribution is 2.33. The number of fused-ring (bicyclic) bond motifs is 1. The first kappa shape index (κ1) is 25.5. The fourth-order valence-electron chi connectivity index (χ4n) is 5.36. The third-order valence-electron chi connectivity index (χ3n) is 7.71. The Hall–Kier alpha value is -4.13. The van der Waals surface area contributed by atoms with E-state index in [9.17, 15) is 14.9 Å². The third kappa shape index (κ3) is 5.57. The molecule has 2 aliphatic rings. The topological polar surface area (TPSA) is 133 Å². The van der Waals surface area contributed by atoms with Crippen molar-refractivity contribution in [3.05, 3.63) is 47.8 Å². The molecule has 0 bridgehead atoms. The van der Waals surface area contributed by atoms with Gasteiger partial charge in [0.1, 0.15) is 6.07 Å². The van der Waals surface area contributed by atoms with E-state index in [1.54, 1.807) is 16.8 Å². The number of carbonyl (C=O) groups excluding carboxylic acids is 2. The maximum Gasteiger partial charge on any atom is 0.406 e. The van der Waals surface area contributed by atoms with Crippen LogP contribution in [0.5, 0.6) is 0 Å². The average molecular weight is 516 g/mol. The second kappa shape index (κ2) is 11.1. The fraction of sp³-hybridized carbons (Fsp3) is 0.464. The number of ether oxygens (including phenoxy) is 1. The van der Waals surface area contributed by atoms with Crippen molar-refractivity contribution in [2.45, 2.75) is 57.5 Å². The first-order valence-electron chi connectivity index (χ1n) is 13.2. The summed E-state index contributed by atoms with van der Waals surface area (Å²) in [6.45, 7) is 2.82. The fourth-order valence-corrected chi connectivity index (χ4v) is 5.36. The average Bonchev–Trinajstić information content (AvgIpc) is 3.34. The number of anilines is 1. The van der Waals surface area contributed by atoms with Crippen LogP contribution in [0.2, 0.25) is 0 Å². The first-order chi connectivity index (χ1) is 18.4. The van der Waals surface area contributed by atoms with Gasteiger partial charge in [-0.3, -0.25) is 9.78 Å². The van der Waals surface area contributed by atoms with Crippen LogP contribution in [0.3, 0.4) is 0 Å². The number of amides is 2. The van der Waals surface area contributed by atoms with Gasteiger partial charge in [-0.1, -0.05) is 6.92 Å². The van der Waals surface area contributed by atoms with Gasteiger partial charge in [-0.2, -0.15) is 10.4 Å². The summed E-state index contributed by atoms with van der Waals surface area (Å²) in [7, 11) is 1.36. The van der Waals surface area contributed by atoms with Gasteiger partial charge >= 0.3 is 6.09 Å². The number of methoxy groups -OCH3 is 1. The second-order valence-electron chi connectivity index (χ2n) is 10.5. The Morgan fingerprint density at radius 2 is 1.92 bits per heavy atom. The minimum atomic E-state index is -0.425. The van der Waals surface area contributed by atoms with Crippen molar-refractivity contribution in [3.63, 3.8) is 0 Å². The van der Waals surface area contributed by atoms with Gasteiger partial charge in [0.25, 0.3) is 5.91 Å². The maximum absolute atomic E-state index is 13.4. The van der Waals surface area contributed by atoms with Gasteiger partial charge in [0.05, 0.1) is 47.0 Å². The Bertz CT molecular complexity index is 1360. The molecule has 2 aliphatic carbocycles. The zero-order valence-corrected chi connectivity index (χ0v) is 21.7. The highest BCUT2D eigenvalue weighted by atomic mass is 16.5. The SMILES string of the molecule is COC(=O)NCC1CC(Nc2cc(-c3ccc4cc(C#N)cnn34)ncc2C(=O)NC2CCC(C)CC2)C1. The van der Waals surface area contributed by atoms with Crippen LogP contribution < -0.4 is 16.0 Å². The predicted octanol–water partition coefficient (Wildman–Crippen LogP) is 4.12. The lowest BCUT2D eigenvalue weighted by atomic mass is 9.80. The molecule has 10 nitrogen and oxygen atoms in total. The molecule has 2 amide bonds. The van der Waals surface area contributed by atoms with Gasteiger partial charge in [-0.25, -0.2) is 9.31 Å². The summed E-state index contributed by atoms with van der Waals surface area (Å²) in [6.07, 6.45) is 8.71. The number of rotatable bonds is 7. The molecule has 3 aromatic rings. The Balaban J connectivity index is 1.37. The zero-order chi connectivity index (χ0) is 26.6. The molecule has 0 aromatic carbocycles. The van der Waals surface area contributed by atoms with Gasteiger partial charge < -0.3 is 20.7 Å². The van der Waals surface area contributed by atoms with E-state index in [-0.39, 0.29) is 18.0 Å². The van der Waals surface area contributed by atoms with Crippen LogP contribution in [0.4, 0.5) is 10.5 Å². The predicted molar refractivity (Wildman–Crippen MR) is 143 cm³/mol. The molecule has 0 aliphatic heterocycles. The largest absolute Gasteiger partial charge is 0.453 e. The van der Waals surface area contributed by atoms with Crippen molar-refractivity contribution in [3.8, 4) is 17.5 Å². The number of nitrogens with one attached hydrogen (secondary N) is 3. The van der Waals surface area contributed by atoms with Crippen LogP contribution in [0.25, 0.3) is 16.9 Å². The van der Waals surface area contributed by atoms with E-state index < -0.39 is 6.09 Å². The van der Waals surface area contributed by atoms with Gasteiger partial charge in [0, 0.05) is 24.8 Å². The molecule has 198 valence electrons. The number of aromatic nitrogens is 3. The molecule has 3 heterocycles. The summed E-state index contributed by atoms with van der Waals surface area (Å²) in [6, 6.07) is 9.96. The smallest absolute Gasteiger partial charge is 0.406 e. The van der Waals surface area contributed by atoms with Crippen molar-refractivity contribution in [2.75, 3.05) is 19.0 Å². The van der Waals surface area contributed by atoms with Crippen molar-refractivity contribution in [2.24, 2.45) is 11.8 Å². The maximum atomic E-state index is 13.4. The normalized spacial score (nSPS) is 22.7. The van der Waals surface area contributed by atoms with E-state index in [2.05, 4.69) is 43.8 Å². The highest BCUT2D eigenvalue weighted by Gasteiger charge is 2.31. The van der Waals surface area contributed by atoms with E-state index in [4.69, 9.17) is 0 Å². The summed E-state index contributed by atoms with van der Waals surface area (Å²) < 4.78 is 6.40. The van der Waals surface area contributed by atoms with Crippen molar-refractivity contribution >= 4 is 23.2 Å². The van der Waals surface area contributed by atoms with E-state index in [1.807, 2.05) is 18.2 Å². The molecule has 0 spiro atoms. The van der Waals surface area contributed by atoms with E-state index >= 15 is 0 Å². The van der Waals surface area contributed by atoms with Gasteiger partial charge in [0.2, 0.25) is 0 Å². The Morgan fingerprint density at radius 3 is 2.66 bits per heavy atom. The summed E-state index contributed by atoms with van der Waals surface area (Å²) in [5.74, 6) is 0.935. The summed E-state index contributed by atoms with van der Waals surface area (Å²) in [5, 5.41) is 23.1. The molecule has 10 heteroatoms. The monoisotopic (exact) mass is 515 g/mol. The number of nitriles is 1. The van der Waals surface area contributed by atoms with Gasteiger partial charge in [-0.05, 0) is 74.6 Å². The molecule has 5 rings (SSSR count). The minimum Gasteiger partial charge on any atom is -0.453 e. The molecule has 0 unspecified atom stereocenters. The highest BCUT2D eigenvalue weighted by molar-refractivity contribution is 6.00. The standard InChI is InChI=1S/C28H33N7O3/c1-17-3-5-20(6-4-17)34-27(36)23-16-30-25(26-8-7-22-11-19(13-29)15-32-35(22)26)12-24(23)33-21-9-18(10-21)14-31-28(37)38-2/h7-8,11-12,15-18,20-21H,3-6,9-10,14H2,1-2H3,(H,30,33)(H,31,37)(H,34,36). The van der Waals surface area contributed by atoms with Crippen LogP contribution in [0.15, 0.2) is 36.7 Å². The van der Waals surface area contributed by atoms with Crippen molar-refractivity contribution in [1.82, 2.24) is 25.2 Å². The molecule has 0 atom stereocenters. The number of nitrogens with zero attached hydrogens (tertiary/aromatic N) is 4. The lowest BCUT2D eigenvalue weighted by Gasteiger charge is -2.37. The molecule has 2 fully saturated rings. The number of pyridine rings is 1. The quantitative estimate of drug-likeness (QED) is 0.431. The molecule has 38 heavy (non-hydrogen) atoms. The first-order valence-corrected chi connectivity index (χ1v) is 13.2. The van der Waals surface area contributed by atoms with Crippen molar-refractivity contribution < 1.29 is 14.3 Å². The molecule has 0 radical (unpaired) electrons. The van der Waals surface area contributed by atoms with Crippen molar-refractivity contribution in [1.29, 1.82) is 5.26 Å². The lowest BCUT2D eigenvalue weighted by molar-refractivity contribution is 0.0923. The number of alkyl carbamates (subject to hydrolysis) is 1. The van der Waals surface area contributed by atoms with Crippen LogP contribution in [-0.4, -0.2) is 52.3 Å². The molecule has 3 N–H and O–H groups in total. The number of hydrogen-bond acceptors (Lipinski definition) is 7. The number of carbonyl (C=O) groups is 2. The minimum absolute atomic E-state index is 0.119. The summed E-state index contributed by atoms with van der Waals surface area (Å²) in [4.78, 5) is 29.4. The molecule has 2 saturated carbocycles. The number of hydrogen-bond donors (Lipinski definition) is 3. The van der Waals surface area contributed by atoms with Gasteiger partial charge in [-0.15, -0.1) is 0 Å². The molecular weight excluding hydrogens is 482 g/mol. The van der Waals surface area contributed by atoms with Crippen LogP contribution in [0.1, 0.15) is 61.4 Å². The van der Waals surface area contributed by atoms with Crippen LogP contribution in [-0.2, 0) is 4.74 Å². The van der Waals surface area contributed by atoms with E-state index in [0.29, 0.717) is 35.2 Å². The Kier molecular flexibility index (Phi) is 7.45. The molecule has 3 aromatic heterocycles. The van der Waals surface area contributed by atoms with Gasteiger partial charge in [0.15, 0.2) is 0 Å². The van der Waals surface area contributed by atoms with Crippen LogP contribution >= 0.6 is 0 Å². The lowest BCUT2D eigenvalue weighted by Crippen LogP contribution is -2.42. The molecular formula is C28H33N7O3. The second-order valence-corrected chi connectivity index (χ2v) is 10.5. The van der Waals surface area contributed by atoms with E-state index in [0.717, 1.165) is 55.4 Å². The molecule has 0 saturated heterocycles. The summed E-state index contributed by atoms with van der Waals surface area (Å²) in [5.41, 5.74) is 3.98. The Labute approximate surface area is 221 Å². The van der Waals surface area contributed by atoms with E-state index in [1.165, 1.54) is 13.3 Å². The zero-order valence-electron chi connectivity index (χ0n) is 21.7.